The molecule has 31 heavy (non-hydrogen) atoms. The van der Waals surface area contributed by atoms with E-state index in [1.165, 1.54) is 12.0 Å². The zero-order valence-corrected chi connectivity index (χ0v) is 17.0. The van der Waals surface area contributed by atoms with Crippen molar-refractivity contribution in [2.45, 2.75) is 60.9 Å². The van der Waals surface area contributed by atoms with Gasteiger partial charge < -0.3 is 15.2 Å². The van der Waals surface area contributed by atoms with Gasteiger partial charge in [0.25, 0.3) is 5.91 Å². The molecular weight excluding hydrogens is 415 g/mol. The van der Waals surface area contributed by atoms with Gasteiger partial charge in [0.15, 0.2) is 0 Å². The molecule has 2 heterocycles. The lowest BCUT2D eigenvalue weighted by molar-refractivity contribution is -0.209. The van der Waals surface area contributed by atoms with Gasteiger partial charge in [0, 0.05) is 11.5 Å². The molecule has 168 valence electrons. The van der Waals surface area contributed by atoms with E-state index < -0.39 is 47.3 Å². The first-order valence-electron chi connectivity index (χ1n) is 10.4. The van der Waals surface area contributed by atoms with E-state index in [4.69, 9.17) is 4.74 Å². The minimum Gasteiger partial charge on any atom is -0.497 e. The zero-order chi connectivity index (χ0) is 22.2. The van der Waals surface area contributed by atoms with Crippen LogP contribution in [-0.2, 0) is 16.6 Å². The summed E-state index contributed by atoms with van der Waals surface area (Å²) in [6.07, 6.45) is -3.47. The number of amides is 3. The average molecular weight is 439 g/mol. The van der Waals surface area contributed by atoms with Crippen LogP contribution in [0, 0.1) is 0 Å². The van der Waals surface area contributed by atoms with Crippen LogP contribution in [0.25, 0.3) is 0 Å². The van der Waals surface area contributed by atoms with Crippen LogP contribution in [-0.4, -0.2) is 65.5 Å². The number of halogens is 3. The number of piperidine rings is 1. The van der Waals surface area contributed by atoms with Gasteiger partial charge in [-0.3, -0.25) is 15.0 Å². The summed E-state index contributed by atoms with van der Waals surface area (Å²) in [5, 5.41) is 17.1. The van der Waals surface area contributed by atoms with Crippen LogP contribution in [0.4, 0.5) is 18.0 Å². The topological polar surface area (TPSA) is 90.9 Å². The van der Waals surface area contributed by atoms with Crippen LogP contribution < -0.4 is 15.4 Å². The number of ether oxygens (including phenoxy) is 1. The van der Waals surface area contributed by atoms with E-state index in [2.05, 4.69) is 10.6 Å². The number of urea groups is 1. The number of hydrogen-bond acceptors (Lipinski definition) is 5. The minimum absolute atomic E-state index is 0.108. The molecule has 5 rings (SSSR count). The van der Waals surface area contributed by atoms with E-state index in [1.807, 2.05) is 12.1 Å². The number of benzene rings is 1. The summed E-state index contributed by atoms with van der Waals surface area (Å²) in [7, 11) is 1.52. The molecule has 3 amide bonds. The van der Waals surface area contributed by atoms with Gasteiger partial charge >= 0.3 is 12.2 Å². The van der Waals surface area contributed by atoms with Gasteiger partial charge in [-0.1, -0.05) is 6.07 Å². The number of likely N-dealkylation sites (tertiary alicyclic amines) is 1. The Morgan fingerprint density at radius 1 is 1.26 bits per heavy atom. The largest absolute Gasteiger partial charge is 0.497 e. The summed E-state index contributed by atoms with van der Waals surface area (Å²) < 4.78 is 45.3. The molecule has 4 aliphatic rings. The van der Waals surface area contributed by atoms with Crippen LogP contribution in [0.3, 0.4) is 0 Å². The predicted octanol–water partition coefficient (Wildman–Crippen LogP) is 1.62. The molecule has 3 fully saturated rings. The van der Waals surface area contributed by atoms with Gasteiger partial charge in [-0.05, 0) is 61.9 Å². The Balaban J connectivity index is 1.66. The fraction of sp³-hybridized carbons (Fsp3) is 0.619. The lowest BCUT2D eigenvalue weighted by Gasteiger charge is -2.65. The monoisotopic (exact) mass is 439 g/mol. The number of aliphatic hydroxyl groups is 1. The molecule has 1 saturated carbocycles. The number of carbonyl (C=O) groups excluding carboxylic acids is 2. The summed E-state index contributed by atoms with van der Waals surface area (Å²) in [5.74, 6) is 0.129. The van der Waals surface area contributed by atoms with E-state index in [0.29, 0.717) is 5.75 Å². The lowest BCUT2D eigenvalue weighted by Crippen LogP contribution is -2.76. The van der Waals surface area contributed by atoms with Crippen molar-refractivity contribution in [3.05, 3.63) is 29.3 Å². The molecule has 1 spiro atoms. The Morgan fingerprint density at radius 3 is 2.68 bits per heavy atom. The van der Waals surface area contributed by atoms with E-state index in [1.54, 1.807) is 6.07 Å². The lowest BCUT2D eigenvalue weighted by atomic mass is 9.46. The molecule has 1 aromatic rings. The molecule has 2 aliphatic heterocycles. The quantitative estimate of drug-likeness (QED) is 0.610. The van der Waals surface area contributed by atoms with E-state index >= 15 is 0 Å². The number of imide groups is 1. The summed E-state index contributed by atoms with van der Waals surface area (Å²) >= 11 is 0. The summed E-state index contributed by atoms with van der Waals surface area (Å²) in [4.78, 5) is 26.0. The van der Waals surface area contributed by atoms with Crippen LogP contribution in [0.1, 0.15) is 36.8 Å². The Kier molecular flexibility index (Phi) is 4.21. The molecule has 0 aromatic heterocycles. The molecule has 4 atom stereocenters. The Morgan fingerprint density at radius 2 is 2.03 bits per heavy atom. The maximum absolute atomic E-state index is 13.3. The first-order chi connectivity index (χ1) is 14.5. The number of fused-ring (bicyclic) bond motifs is 1. The van der Waals surface area contributed by atoms with Gasteiger partial charge in [0.1, 0.15) is 11.3 Å². The molecule has 2 aliphatic carbocycles. The van der Waals surface area contributed by atoms with Crippen LogP contribution in [0.15, 0.2) is 18.2 Å². The highest BCUT2D eigenvalue weighted by molar-refractivity contribution is 6.07. The molecule has 0 radical (unpaired) electrons. The first kappa shape index (κ1) is 20.6. The molecule has 1 aromatic carbocycles. The zero-order valence-electron chi connectivity index (χ0n) is 17.0. The third-order valence-electron chi connectivity index (χ3n) is 7.83. The highest BCUT2D eigenvalue weighted by Gasteiger charge is 2.69. The Hall–Kier alpha value is -2.33. The standard InChI is InChI=1S/C21H24F3N3O4/c1-31-13-3-2-12-8-15-20(30)5-4-19(16(28)25-17(29)26-19)10-18(20,14(12)9-13)6-7-27(15)11-21(22,23)24/h2-3,9,15,30H,4-8,10-11H2,1H3,(H2,25,26,28,29)/t15-,18-,19+,20-/m1/s1. The number of nitrogens with one attached hydrogen (secondary N) is 2. The molecule has 7 nitrogen and oxygen atoms in total. The highest BCUT2D eigenvalue weighted by atomic mass is 19.4. The SMILES string of the molecule is COc1ccc2c(c1)[C@]13CCN(CC(F)(F)F)[C@H](C2)[C@]1(O)CC[C@@]1(C3)NC(=O)NC1=O. The summed E-state index contributed by atoms with van der Waals surface area (Å²) in [5.41, 5.74) is -1.99. The van der Waals surface area contributed by atoms with Crippen molar-refractivity contribution in [1.82, 2.24) is 15.5 Å². The van der Waals surface area contributed by atoms with Gasteiger partial charge in [-0.15, -0.1) is 0 Å². The number of methoxy groups -OCH3 is 1. The van der Waals surface area contributed by atoms with E-state index in [9.17, 15) is 27.9 Å². The van der Waals surface area contributed by atoms with Gasteiger partial charge in [0.2, 0.25) is 0 Å². The van der Waals surface area contributed by atoms with E-state index in [0.717, 1.165) is 11.1 Å². The fourth-order valence-electron chi connectivity index (χ4n) is 6.51. The van der Waals surface area contributed by atoms with Crippen LogP contribution >= 0.6 is 0 Å². The van der Waals surface area contributed by atoms with Crippen molar-refractivity contribution in [2.24, 2.45) is 0 Å². The number of carbonyl (C=O) groups is 2. The smallest absolute Gasteiger partial charge is 0.401 e. The number of nitrogens with zero attached hydrogens (tertiary/aromatic N) is 1. The third-order valence-corrected chi connectivity index (χ3v) is 7.83. The second-order valence-electron chi connectivity index (χ2n) is 9.25. The van der Waals surface area contributed by atoms with Crippen molar-refractivity contribution in [3.8, 4) is 5.75 Å². The second kappa shape index (κ2) is 6.35. The molecule has 10 heteroatoms. The molecule has 3 N–H and O–H groups in total. The maximum atomic E-state index is 13.3. The van der Waals surface area contributed by atoms with Crippen molar-refractivity contribution >= 4 is 11.9 Å². The predicted molar refractivity (Wildman–Crippen MR) is 103 cm³/mol. The van der Waals surface area contributed by atoms with Crippen molar-refractivity contribution in [1.29, 1.82) is 0 Å². The van der Waals surface area contributed by atoms with Crippen molar-refractivity contribution in [2.75, 3.05) is 20.2 Å². The Bertz CT molecular complexity index is 970. The number of hydrogen-bond donors (Lipinski definition) is 3. The van der Waals surface area contributed by atoms with Crippen molar-refractivity contribution in [3.63, 3.8) is 0 Å². The van der Waals surface area contributed by atoms with Gasteiger partial charge in [0.05, 0.1) is 19.3 Å². The average Bonchev–Trinajstić information content (AvgIpc) is 2.96. The van der Waals surface area contributed by atoms with Gasteiger partial charge in [-0.2, -0.15) is 13.2 Å². The molecule has 2 saturated heterocycles. The Labute approximate surface area is 176 Å². The summed E-state index contributed by atoms with van der Waals surface area (Å²) in [6, 6.07) is 4.09. The van der Waals surface area contributed by atoms with Gasteiger partial charge in [-0.25, -0.2) is 4.79 Å². The fourth-order valence-corrected chi connectivity index (χ4v) is 6.51. The summed E-state index contributed by atoms with van der Waals surface area (Å²) in [6.45, 7) is -0.960. The number of rotatable bonds is 2. The first-order valence-corrected chi connectivity index (χ1v) is 10.4. The second-order valence-corrected chi connectivity index (χ2v) is 9.25. The maximum Gasteiger partial charge on any atom is 0.401 e. The normalized spacial score (nSPS) is 37.1. The van der Waals surface area contributed by atoms with Crippen molar-refractivity contribution < 1.29 is 32.6 Å². The highest BCUT2D eigenvalue weighted by Crippen LogP contribution is 2.60. The van der Waals surface area contributed by atoms with E-state index in [-0.39, 0.29) is 38.6 Å². The molecule has 2 bridgehead atoms. The van der Waals surface area contributed by atoms with Crippen LogP contribution in [0.5, 0.6) is 5.75 Å². The number of alkyl halides is 3. The van der Waals surface area contributed by atoms with Crippen LogP contribution in [0.2, 0.25) is 0 Å². The minimum atomic E-state index is -4.38. The molecule has 0 unspecified atom stereocenters. The molecular formula is C21H24F3N3O4. The third kappa shape index (κ3) is 2.80.